The third kappa shape index (κ3) is 1.37. The van der Waals surface area contributed by atoms with Gasteiger partial charge in [0.05, 0.1) is 23.9 Å². The molecule has 1 aliphatic heterocycles. The minimum Gasteiger partial charge on any atom is -0.492 e. The van der Waals surface area contributed by atoms with E-state index in [1.54, 1.807) is 0 Å². The highest BCUT2D eigenvalue weighted by atomic mass is 19.1. The van der Waals surface area contributed by atoms with Gasteiger partial charge in [0.25, 0.3) is 0 Å². The number of fused-ring (bicyclic) bond motifs is 1. The van der Waals surface area contributed by atoms with Crippen LogP contribution in [0.1, 0.15) is 5.56 Å². The first-order chi connectivity index (χ1) is 8.18. The Hall–Kier alpha value is -2.11. The van der Waals surface area contributed by atoms with Gasteiger partial charge in [-0.3, -0.25) is 0 Å². The molecule has 0 unspecified atom stereocenters. The molecular formula is C11H8F2N2O2. The zero-order valence-electron chi connectivity index (χ0n) is 8.67. The van der Waals surface area contributed by atoms with Crippen LogP contribution in [0.25, 0.3) is 11.1 Å². The molecule has 0 saturated carbocycles. The lowest BCUT2D eigenvalue weighted by atomic mass is 10.0. The van der Waals surface area contributed by atoms with Gasteiger partial charge in [-0.05, 0) is 0 Å². The number of hydrogen-bond acceptors (Lipinski definition) is 4. The van der Waals surface area contributed by atoms with Crippen molar-refractivity contribution in [3.63, 3.8) is 0 Å². The van der Waals surface area contributed by atoms with Crippen molar-refractivity contribution in [2.75, 3.05) is 12.3 Å². The number of aromatic nitrogens is 1. The summed E-state index contributed by atoms with van der Waals surface area (Å²) in [5.74, 6) is -1.17. The molecule has 3 rings (SSSR count). The van der Waals surface area contributed by atoms with Crippen LogP contribution in [-0.2, 0) is 6.42 Å². The van der Waals surface area contributed by atoms with Crippen LogP contribution in [0, 0.1) is 11.6 Å². The number of ether oxygens (including phenoxy) is 1. The molecule has 4 nitrogen and oxygen atoms in total. The minimum absolute atomic E-state index is 0.0202. The van der Waals surface area contributed by atoms with E-state index in [2.05, 4.69) is 9.68 Å². The van der Waals surface area contributed by atoms with E-state index >= 15 is 0 Å². The third-order valence-electron chi connectivity index (χ3n) is 2.75. The highest BCUT2D eigenvalue weighted by Crippen LogP contribution is 2.42. The van der Waals surface area contributed by atoms with Crippen molar-refractivity contribution in [3.8, 4) is 16.9 Å². The Labute approximate surface area is 95.0 Å². The predicted octanol–water partition coefficient (Wildman–Crippen LogP) is 2.14. The fourth-order valence-electron chi connectivity index (χ4n) is 1.97. The first kappa shape index (κ1) is 10.1. The van der Waals surface area contributed by atoms with E-state index in [0.29, 0.717) is 18.6 Å². The molecule has 0 aliphatic carbocycles. The summed E-state index contributed by atoms with van der Waals surface area (Å²) >= 11 is 0. The van der Waals surface area contributed by atoms with Crippen molar-refractivity contribution < 1.29 is 18.0 Å². The van der Waals surface area contributed by atoms with E-state index in [0.717, 1.165) is 6.07 Å². The van der Waals surface area contributed by atoms with Crippen LogP contribution in [0.5, 0.6) is 5.75 Å². The van der Waals surface area contributed by atoms with Gasteiger partial charge in [-0.25, -0.2) is 8.78 Å². The first-order valence-electron chi connectivity index (χ1n) is 5.02. The van der Waals surface area contributed by atoms with Gasteiger partial charge < -0.3 is 15.0 Å². The van der Waals surface area contributed by atoms with Gasteiger partial charge in [-0.15, -0.1) is 0 Å². The van der Waals surface area contributed by atoms with E-state index in [9.17, 15) is 8.78 Å². The lowest BCUT2D eigenvalue weighted by Crippen LogP contribution is -1.95. The number of halogens is 2. The lowest BCUT2D eigenvalue weighted by molar-refractivity contribution is 0.356. The zero-order valence-corrected chi connectivity index (χ0v) is 8.67. The largest absolute Gasteiger partial charge is 0.492 e. The van der Waals surface area contributed by atoms with Gasteiger partial charge in [-0.2, -0.15) is 0 Å². The highest BCUT2D eigenvalue weighted by molar-refractivity contribution is 5.79. The van der Waals surface area contributed by atoms with Crippen LogP contribution >= 0.6 is 0 Å². The maximum absolute atomic E-state index is 13.8. The van der Waals surface area contributed by atoms with E-state index in [4.69, 9.17) is 10.5 Å². The number of benzene rings is 1. The molecule has 0 fully saturated rings. The molecule has 0 amide bonds. The smallest absolute Gasteiger partial charge is 0.230 e. The Balaban J connectivity index is 2.31. The summed E-state index contributed by atoms with van der Waals surface area (Å²) in [5, 5.41) is 3.47. The Morgan fingerprint density at radius 3 is 2.82 bits per heavy atom. The van der Waals surface area contributed by atoms with Crippen molar-refractivity contribution in [3.05, 3.63) is 29.5 Å². The Kier molecular flexibility index (Phi) is 2.04. The van der Waals surface area contributed by atoms with Crippen LogP contribution in [0.4, 0.5) is 14.7 Å². The molecule has 2 heterocycles. The van der Waals surface area contributed by atoms with E-state index < -0.39 is 11.6 Å². The van der Waals surface area contributed by atoms with Crippen LogP contribution in [0.15, 0.2) is 16.8 Å². The molecule has 2 N–H and O–H groups in total. The number of nitrogens with zero attached hydrogens (tertiary/aromatic N) is 1. The van der Waals surface area contributed by atoms with Gasteiger partial charge in [-0.1, -0.05) is 5.16 Å². The molecule has 1 aromatic carbocycles. The second kappa shape index (κ2) is 3.44. The molecule has 0 saturated heterocycles. The van der Waals surface area contributed by atoms with Crippen molar-refractivity contribution in [2.45, 2.75) is 6.42 Å². The summed E-state index contributed by atoms with van der Waals surface area (Å²) in [6.07, 6.45) is 1.70. The molecule has 17 heavy (non-hydrogen) atoms. The summed E-state index contributed by atoms with van der Waals surface area (Å²) in [5.41, 5.74) is 6.28. The standard InChI is InChI=1S/C11H8F2N2O2/c12-7-3-8(13)9(6-4-15-17-11(6)14)10-5(7)1-2-16-10/h3-4H,1-2,14H2. The van der Waals surface area contributed by atoms with Gasteiger partial charge in [0.15, 0.2) is 0 Å². The fraction of sp³-hybridized carbons (Fsp3) is 0.182. The Bertz CT molecular complexity index is 595. The summed E-state index contributed by atoms with van der Waals surface area (Å²) in [4.78, 5) is 0. The quantitative estimate of drug-likeness (QED) is 0.826. The number of hydrogen-bond donors (Lipinski definition) is 1. The second-order valence-electron chi connectivity index (χ2n) is 3.73. The number of nitrogen functional groups attached to an aromatic ring is 1. The molecule has 2 aromatic rings. The number of anilines is 1. The molecule has 0 radical (unpaired) electrons. The summed E-state index contributed by atoms with van der Waals surface area (Å²) in [7, 11) is 0. The monoisotopic (exact) mass is 238 g/mol. The van der Waals surface area contributed by atoms with Crippen molar-refractivity contribution in [1.82, 2.24) is 5.16 Å². The second-order valence-corrected chi connectivity index (χ2v) is 3.73. The molecule has 1 aromatic heterocycles. The van der Waals surface area contributed by atoms with Crippen molar-refractivity contribution >= 4 is 5.88 Å². The van der Waals surface area contributed by atoms with E-state index in [-0.39, 0.29) is 22.8 Å². The average Bonchev–Trinajstić information content (AvgIpc) is 2.88. The minimum atomic E-state index is -0.738. The molecular weight excluding hydrogens is 230 g/mol. The number of nitrogens with two attached hydrogens (primary N) is 1. The molecule has 0 bridgehead atoms. The maximum Gasteiger partial charge on any atom is 0.230 e. The molecule has 0 spiro atoms. The summed E-state index contributed by atoms with van der Waals surface area (Å²) in [6, 6.07) is 0.829. The first-order valence-corrected chi connectivity index (χ1v) is 5.02. The van der Waals surface area contributed by atoms with Gasteiger partial charge >= 0.3 is 0 Å². The molecule has 6 heteroatoms. The summed E-state index contributed by atoms with van der Waals surface area (Å²) in [6.45, 7) is 0.327. The van der Waals surface area contributed by atoms with Gasteiger partial charge in [0.2, 0.25) is 5.88 Å². The highest BCUT2D eigenvalue weighted by Gasteiger charge is 2.27. The molecule has 88 valence electrons. The van der Waals surface area contributed by atoms with E-state index in [1.165, 1.54) is 6.20 Å². The summed E-state index contributed by atoms with van der Waals surface area (Å²) < 4.78 is 37.2. The van der Waals surface area contributed by atoms with Crippen LogP contribution in [0.3, 0.4) is 0 Å². The van der Waals surface area contributed by atoms with Gasteiger partial charge in [0, 0.05) is 18.1 Å². The Morgan fingerprint density at radius 2 is 2.12 bits per heavy atom. The molecule has 1 aliphatic rings. The van der Waals surface area contributed by atoms with Crippen LogP contribution in [-0.4, -0.2) is 11.8 Å². The van der Waals surface area contributed by atoms with Crippen molar-refractivity contribution in [1.29, 1.82) is 0 Å². The maximum atomic E-state index is 13.8. The number of rotatable bonds is 1. The van der Waals surface area contributed by atoms with Gasteiger partial charge in [0.1, 0.15) is 17.4 Å². The molecule has 0 atom stereocenters. The van der Waals surface area contributed by atoms with Crippen LogP contribution < -0.4 is 10.5 Å². The normalized spacial score (nSPS) is 13.5. The SMILES string of the molecule is Nc1oncc1-c1c(F)cc(F)c2c1OCC2. The predicted molar refractivity (Wildman–Crippen MR) is 55.5 cm³/mol. The third-order valence-corrected chi connectivity index (χ3v) is 2.75. The van der Waals surface area contributed by atoms with Crippen molar-refractivity contribution in [2.24, 2.45) is 0 Å². The van der Waals surface area contributed by atoms with E-state index in [1.807, 2.05) is 0 Å². The van der Waals surface area contributed by atoms with Crippen LogP contribution in [0.2, 0.25) is 0 Å². The zero-order chi connectivity index (χ0) is 12.0. The lowest BCUT2D eigenvalue weighted by Gasteiger charge is -2.08. The Morgan fingerprint density at radius 1 is 1.29 bits per heavy atom. The topological polar surface area (TPSA) is 61.3 Å². The average molecular weight is 238 g/mol. The fourth-order valence-corrected chi connectivity index (χ4v) is 1.97.